The van der Waals surface area contributed by atoms with Gasteiger partial charge in [-0.15, -0.1) is 11.3 Å². The predicted molar refractivity (Wildman–Crippen MR) is 120 cm³/mol. The summed E-state index contributed by atoms with van der Waals surface area (Å²) in [6, 6.07) is 1.69. The zero-order valence-corrected chi connectivity index (χ0v) is 20.2. The normalized spacial score (nSPS) is 19.2. The summed E-state index contributed by atoms with van der Waals surface area (Å²) in [6.45, 7) is 8.95. The van der Waals surface area contributed by atoms with Crippen LogP contribution in [0, 0.1) is 19.8 Å². The van der Waals surface area contributed by atoms with Crippen LogP contribution in [0.25, 0.3) is 10.7 Å². The van der Waals surface area contributed by atoms with E-state index in [-0.39, 0.29) is 10.8 Å². The van der Waals surface area contributed by atoms with Gasteiger partial charge in [0.05, 0.1) is 24.6 Å². The van der Waals surface area contributed by atoms with E-state index >= 15 is 0 Å². The topological polar surface area (TPSA) is 84.7 Å². The number of thiazole rings is 1. The fourth-order valence-corrected chi connectivity index (χ4v) is 6.89. The van der Waals surface area contributed by atoms with Crippen molar-refractivity contribution < 1.29 is 17.9 Å². The Kier molecular flexibility index (Phi) is 6.26. The summed E-state index contributed by atoms with van der Waals surface area (Å²) in [7, 11) is -1.77. The molecule has 0 radical (unpaired) electrons. The van der Waals surface area contributed by atoms with Crippen LogP contribution in [-0.2, 0) is 21.8 Å². The number of hydrogen-bond donors (Lipinski definition) is 0. The summed E-state index contributed by atoms with van der Waals surface area (Å²) < 4.78 is 35.0. The number of amides is 1. The second kappa shape index (κ2) is 8.65. The summed E-state index contributed by atoms with van der Waals surface area (Å²) in [5.41, 5.74) is 2.07. The fourth-order valence-electron chi connectivity index (χ4n) is 4.12. The average Bonchev–Trinajstić information content (AvgIpc) is 3.29. The van der Waals surface area contributed by atoms with Crippen LogP contribution in [0.1, 0.15) is 40.8 Å². The van der Waals surface area contributed by atoms with E-state index in [1.54, 1.807) is 13.0 Å². The summed E-state index contributed by atoms with van der Waals surface area (Å²) in [6.07, 6.45) is 2.05. The van der Waals surface area contributed by atoms with Gasteiger partial charge in [-0.3, -0.25) is 4.79 Å². The standard InChI is InChI=1S/C21H30N4O4S2/c1-14-5-7-24(8-6-14)21(26)19-15(2)22-20(30-19)17-13-18(16(3)23(17)4)31(27,28)25-9-11-29-12-10-25/h13-14H,5-12H2,1-4H3. The molecule has 2 aromatic rings. The van der Waals surface area contributed by atoms with Crippen LogP contribution in [-0.4, -0.2) is 72.5 Å². The minimum atomic E-state index is -3.61. The number of likely N-dealkylation sites (tertiary alicyclic amines) is 1. The predicted octanol–water partition coefficient (Wildman–Crippen LogP) is 2.66. The molecule has 1 amide bonds. The number of ether oxygens (including phenoxy) is 1. The molecule has 0 atom stereocenters. The van der Waals surface area contributed by atoms with Gasteiger partial charge in [0.15, 0.2) is 0 Å². The lowest BCUT2D eigenvalue weighted by atomic mass is 9.99. The van der Waals surface area contributed by atoms with Crippen molar-refractivity contribution in [2.24, 2.45) is 13.0 Å². The summed E-state index contributed by atoms with van der Waals surface area (Å²) in [5.74, 6) is 0.681. The van der Waals surface area contributed by atoms with Gasteiger partial charge in [-0.1, -0.05) is 6.92 Å². The molecule has 31 heavy (non-hydrogen) atoms. The van der Waals surface area contributed by atoms with Crippen LogP contribution in [0.4, 0.5) is 0 Å². The van der Waals surface area contributed by atoms with Gasteiger partial charge in [-0.2, -0.15) is 4.31 Å². The number of carbonyl (C=O) groups excluding carboxylic acids is 1. The highest BCUT2D eigenvalue weighted by atomic mass is 32.2. The molecule has 10 heteroatoms. The molecule has 0 spiro atoms. The van der Waals surface area contributed by atoms with Crippen LogP contribution in [0.3, 0.4) is 0 Å². The number of carbonyl (C=O) groups is 1. The zero-order valence-electron chi connectivity index (χ0n) is 18.5. The number of piperidine rings is 1. The second-order valence-corrected chi connectivity index (χ2v) is 11.4. The number of aromatic nitrogens is 2. The maximum absolute atomic E-state index is 13.2. The van der Waals surface area contributed by atoms with E-state index in [4.69, 9.17) is 4.74 Å². The van der Waals surface area contributed by atoms with E-state index in [2.05, 4.69) is 11.9 Å². The molecule has 2 aliphatic rings. The molecule has 0 aliphatic carbocycles. The van der Waals surface area contributed by atoms with Crippen molar-refractivity contribution in [1.82, 2.24) is 18.8 Å². The number of sulfonamides is 1. The smallest absolute Gasteiger partial charge is 0.265 e. The average molecular weight is 467 g/mol. The van der Waals surface area contributed by atoms with Crippen LogP contribution < -0.4 is 0 Å². The van der Waals surface area contributed by atoms with Crippen molar-refractivity contribution in [3.05, 3.63) is 22.3 Å². The van der Waals surface area contributed by atoms with Crippen LogP contribution >= 0.6 is 11.3 Å². The van der Waals surface area contributed by atoms with E-state index in [9.17, 15) is 13.2 Å². The first-order valence-electron chi connectivity index (χ1n) is 10.7. The lowest BCUT2D eigenvalue weighted by Crippen LogP contribution is -2.40. The van der Waals surface area contributed by atoms with Crippen molar-refractivity contribution in [1.29, 1.82) is 0 Å². The molecule has 8 nitrogen and oxygen atoms in total. The molecule has 0 bridgehead atoms. The molecule has 2 aliphatic heterocycles. The van der Waals surface area contributed by atoms with Crippen molar-refractivity contribution in [2.75, 3.05) is 39.4 Å². The highest BCUT2D eigenvalue weighted by Crippen LogP contribution is 2.34. The van der Waals surface area contributed by atoms with E-state index in [1.165, 1.54) is 15.6 Å². The SMILES string of the molecule is Cc1nc(-c2cc(S(=O)(=O)N3CCOCC3)c(C)n2C)sc1C(=O)N1CCC(C)CC1. The minimum Gasteiger partial charge on any atom is -0.379 e. The molecule has 170 valence electrons. The fraction of sp³-hybridized carbons (Fsp3) is 0.619. The minimum absolute atomic E-state index is 0.0280. The second-order valence-electron chi connectivity index (χ2n) is 8.46. The lowest BCUT2D eigenvalue weighted by Gasteiger charge is -2.30. The summed E-state index contributed by atoms with van der Waals surface area (Å²) >= 11 is 1.35. The Hall–Kier alpha value is -1.75. The van der Waals surface area contributed by atoms with Crippen LogP contribution in [0.15, 0.2) is 11.0 Å². The Morgan fingerprint density at radius 1 is 1.16 bits per heavy atom. The van der Waals surface area contributed by atoms with Gasteiger partial charge in [0.25, 0.3) is 5.91 Å². The van der Waals surface area contributed by atoms with E-state index in [0.29, 0.717) is 59.2 Å². The largest absolute Gasteiger partial charge is 0.379 e. The van der Waals surface area contributed by atoms with E-state index in [0.717, 1.165) is 25.9 Å². The first-order chi connectivity index (χ1) is 14.7. The first kappa shape index (κ1) is 22.4. The van der Waals surface area contributed by atoms with E-state index in [1.807, 2.05) is 23.4 Å². The van der Waals surface area contributed by atoms with Crippen LogP contribution in [0.2, 0.25) is 0 Å². The van der Waals surface area contributed by atoms with Crippen molar-refractivity contribution in [3.8, 4) is 10.7 Å². The van der Waals surface area contributed by atoms with Gasteiger partial charge in [0.1, 0.15) is 14.8 Å². The van der Waals surface area contributed by atoms with Crippen molar-refractivity contribution in [3.63, 3.8) is 0 Å². The highest BCUT2D eigenvalue weighted by molar-refractivity contribution is 7.89. The molecule has 4 heterocycles. The van der Waals surface area contributed by atoms with Gasteiger partial charge >= 0.3 is 0 Å². The van der Waals surface area contributed by atoms with Gasteiger partial charge in [-0.25, -0.2) is 13.4 Å². The monoisotopic (exact) mass is 466 g/mol. The quantitative estimate of drug-likeness (QED) is 0.692. The molecule has 2 saturated heterocycles. The Bertz CT molecular complexity index is 1080. The maximum Gasteiger partial charge on any atom is 0.265 e. The molecule has 2 fully saturated rings. The Morgan fingerprint density at radius 3 is 2.45 bits per heavy atom. The molecule has 4 rings (SSSR count). The molecular formula is C21H30N4O4S2. The van der Waals surface area contributed by atoms with Gasteiger partial charge < -0.3 is 14.2 Å². The zero-order chi connectivity index (χ0) is 22.3. The molecule has 0 saturated carbocycles. The Balaban J connectivity index is 1.64. The molecule has 2 aromatic heterocycles. The lowest BCUT2D eigenvalue weighted by molar-refractivity contribution is 0.0701. The summed E-state index contributed by atoms with van der Waals surface area (Å²) in [5, 5.41) is 0.667. The number of hydrogen-bond acceptors (Lipinski definition) is 6. The van der Waals surface area contributed by atoms with Crippen molar-refractivity contribution in [2.45, 2.75) is 38.5 Å². The Labute approximate surface area is 187 Å². The molecular weight excluding hydrogens is 436 g/mol. The number of nitrogens with zero attached hydrogens (tertiary/aromatic N) is 4. The molecule has 0 N–H and O–H groups in total. The third-order valence-electron chi connectivity index (χ3n) is 6.36. The summed E-state index contributed by atoms with van der Waals surface area (Å²) in [4.78, 5) is 20.6. The number of morpholine rings is 1. The van der Waals surface area contributed by atoms with Gasteiger partial charge in [0.2, 0.25) is 10.0 Å². The third kappa shape index (κ3) is 4.18. The van der Waals surface area contributed by atoms with E-state index < -0.39 is 10.0 Å². The van der Waals surface area contributed by atoms with Crippen LogP contribution in [0.5, 0.6) is 0 Å². The van der Waals surface area contributed by atoms with Crippen molar-refractivity contribution >= 4 is 27.3 Å². The molecule has 0 unspecified atom stereocenters. The third-order valence-corrected chi connectivity index (χ3v) is 9.54. The maximum atomic E-state index is 13.2. The Morgan fingerprint density at radius 2 is 1.81 bits per heavy atom. The number of rotatable bonds is 4. The molecule has 0 aromatic carbocycles. The highest BCUT2D eigenvalue weighted by Gasteiger charge is 2.31. The van der Waals surface area contributed by atoms with Gasteiger partial charge in [-0.05, 0) is 38.7 Å². The first-order valence-corrected chi connectivity index (χ1v) is 13.0. The van der Waals surface area contributed by atoms with Gasteiger partial charge in [0, 0.05) is 38.9 Å². The number of aryl methyl sites for hydroxylation is 1.